The summed E-state index contributed by atoms with van der Waals surface area (Å²) in [7, 11) is 1.53. The van der Waals surface area contributed by atoms with E-state index in [0.29, 0.717) is 11.3 Å². The molecule has 0 saturated heterocycles. The van der Waals surface area contributed by atoms with Crippen LogP contribution < -0.4 is 15.4 Å². The van der Waals surface area contributed by atoms with Crippen LogP contribution in [0.4, 0.5) is 10.1 Å². The van der Waals surface area contributed by atoms with Gasteiger partial charge in [-0.15, -0.1) is 0 Å². The molecule has 2 atom stereocenters. The van der Waals surface area contributed by atoms with Gasteiger partial charge in [0.2, 0.25) is 5.91 Å². The van der Waals surface area contributed by atoms with E-state index in [-0.39, 0.29) is 23.8 Å². The minimum Gasteiger partial charge on any atom is -0.496 e. The first-order valence-electron chi connectivity index (χ1n) is 7.88. The summed E-state index contributed by atoms with van der Waals surface area (Å²) in [5, 5.41) is 6.14. The third-order valence-electron chi connectivity index (χ3n) is 3.87. The molecule has 0 aliphatic carbocycles. The van der Waals surface area contributed by atoms with Gasteiger partial charge in [-0.25, -0.2) is 4.39 Å². The Balaban J connectivity index is 2.17. The van der Waals surface area contributed by atoms with Crippen LogP contribution in [0.3, 0.4) is 0 Å². The first-order chi connectivity index (χ1) is 11.4. The number of rotatable bonds is 6. The maximum Gasteiger partial charge on any atom is 0.221 e. The molecular formula is C19H23FN2O2. The SMILES string of the molecule is COc1cccc(F)c1[C@H](C)N[C@@H](C)c1cccc(NC(C)=O)c1. The quantitative estimate of drug-likeness (QED) is 0.834. The van der Waals surface area contributed by atoms with Crippen LogP contribution in [-0.4, -0.2) is 13.0 Å². The van der Waals surface area contributed by atoms with Crippen molar-refractivity contribution in [2.24, 2.45) is 0 Å². The Bertz CT molecular complexity index is 718. The predicted molar refractivity (Wildman–Crippen MR) is 93.7 cm³/mol. The van der Waals surface area contributed by atoms with Gasteiger partial charge in [-0.1, -0.05) is 18.2 Å². The largest absolute Gasteiger partial charge is 0.496 e. The monoisotopic (exact) mass is 330 g/mol. The van der Waals surface area contributed by atoms with E-state index < -0.39 is 0 Å². The summed E-state index contributed by atoms with van der Waals surface area (Å²) in [4.78, 5) is 11.2. The normalized spacial score (nSPS) is 13.2. The van der Waals surface area contributed by atoms with Crippen molar-refractivity contribution in [1.82, 2.24) is 5.32 Å². The third kappa shape index (κ3) is 4.32. The lowest BCUT2D eigenvalue weighted by molar-refractivity contribution is -0.114. The highest BCUT2D eigenvalue weighted by Crippen LogP contribution is 2.29. The minimum atomic E-state index is -0.298. The molecule has 2 aromatic rings. The van der Waals surface area contributed by atoms with Crippen LogP contribution in [0.15, 0.2) is 42.5 Å². The van der Waals surface area contributed by atoms with Crippen LogP contribution in [0.25, 0.3) is 0 Å². The highest BCUT2D eigenvalue weighted by atomic mass is 19.1. The lowest BCUT2D eigenvalue weighted by Gasteiger charge is -2.23. The van der Waals surface area contributed by atoms with Crippen LogP contribution in [-0.2, 0) is 4.79 Å². The summed E-state index contributed by atoms with van der Waals surface area (Å²) >= 11 is 0. The zero-order valence-corrected chi connectivity index (χ0v) is 14.4. The molecule has 24 heavy (non-hydrogen) atoms. The zero-order chi connectivity index (χ0) is 17.7. The van der Waals surface area contributed by atoms with E-state index >= 15 is 0 Å². The van der Waals surface area contributed by atoms with Gasteiger partial charge in [-0.3, -0.25) is 4.79 Å². The average molecular weight is 330 g/mol. The number of carbonyl (C=O) groups is 1. The number of hydrogen-bond donors (Lipinski definition) is 2. The molecule has 4 nitrogen and oxygen atoms in total. The summed E-state index contributed by atoms with van der Waals surface area (Å²) < 4.78 is 19.5. The predicted octanol–water partition coefficient (Wildman–Crippen LogP) is 4.20. The van der Waals surface area contributed by atoms with Gasteiger partial charge in [0.05, 0.1) is 7.11 Å². The maximum atomic E-state index is 14.2. The summed E-state index contributed by atoms with van der Waals surface area (Å²) in [6.07, 6.45) is 0. The zero-order valence-electron chi connectivity index (χ0n) is 14.4. The van der Waals surface area contributed by atoms with Crippen LogP contribution in [0.5, 0.6) is 5.75 Å². The Morgan fingerprint density at radius 2 is 1.83 bits per heavy atom. The molecule has 0 aromatic heterocycles. The van der Waals surface area contributed by atoms with Crippen molar-refractivity contribution >= 4 is 11.6 Å². The molecule has 0 bridgehead atoms. The summed E-state index contributed by atoms with van der Waals surface area (Å²) in [6, 6.07) is 12.1. The second-order valence-corrected chi connectivity index (χ2v) is 5.77. The number of amides is 1. The Labute approximate surface area is 142 Å². The van der Waals surface area contributed by atoms with E-state index in [1.165, 1.54) is 20.1 Å². The molecule has 0 unspecified atom stereocenters. The number of carbonyl (C=O) groups excluding carboxylic acids is 1. The molecule has 0 heterocycles. The van der Waals surface area contributed by atoms with E-state index in [1.54, 1.807) is 12.1 Å². The van der Waals surface area contributed by atoms with E-state index in [0.717, 1.165) is 11.3 Å². The van der Waals surface area contributed by atoms with Crippen LogP contribution in [0, 0.1) is 5.82 Å². The van der Waals surface area contributed by atoms with E-state index in [9.17, 15) is 9.18 Å². The first kappa shape index (κ1) is 17.9. The Kier molecular flexibility index (Phi) is 5.93. The molecule has 2 aromatic carbocycles. The van der Waals surface area contributed by atoms with Crippen LogP contribution in [0.2, 0.25) is 0 Å². The summed E-state index contributed by atoms with van der Waals surface area (Å²) in [5.41, 5.74) is 2.25. The number of methoxy groups -OCH3 is 1. The molecule has 2 rings (SSSR count). The van der Waals surface area contributed by atoms with Gasteiger partial charge in [-0.2, -0.15) is 0 Å². The smallest absolute Gasteiger partial charge is 0.221 e. The van der Waals surface area contributed by atoms with Gasteiger partial charge in [0.1, 0.15) is 11.6 Å². The lowest BCUT2D eigenvalue weighted by Crippen LogP contribution is -2.24. The molecule has 1 amide bonds. The molecule has 128 valence electrons. The van der Waals surface area contributed by atoms with Crippen molar-refractivity contribution in [2.45, 2.75) is 32.9 Å². The van der Waals surface area contributed by atoms with Crippen molar-refractivity contribution in [2.75, 3.05) is 12.4 Å². The van der Waals surface area contributed by atoms with Crippen LogP contribution >= 0.6 is 0 Å². The standard InChI is InChI=1S/C19H23FN2O2/c1-12(15-7-5-8-16(11-15)22-14(3)23)21-13(2)19-17(20)9-6-10-18(19)24-4/h5-13,21H,1-4H3,(H,22,23)/t12-,13-/m0/s1. The summed E-state index contributed by atoms with van der Waals surface area (Å²) in [6.45, 7) is 5.37. The number of anilines is 1. The molecule has 0 saturated carbocycles. The van der Waals surface area contributed by atoms with Crippen molar-refractivity contribution in [3.63, 3.8) is 0 Å². The van der Waals surface area contributed by atoms with Crippen molar-refractivity contribution < 1.29 is 13.9 Å². The van der Waals surface area contributed by atoms with Crippen LogP contribution in [0.1, 0.15) is 44.0 Å². The fourth-order valence-electron chi connectivity index (χ4n) is 2.76. The molecule has 0 aliphatic heterocycles. The van der Waals surface area contributed by atoms with Gasteiger partial charge in [0.15, 0.2) is 0 Å². The molecule has 0 spiro atoms. The van der Waals surface area contributed by atoms with Gasteiger partial charge in [0, 0.05) is 30.3 Å². The van der Waals surface area contributed by atoms with Gasteiger partial charge < -0.3 is 15.4 Å². The molecule has 0 aliphatic rings. The number of halogens is 1. The Hall–Kier alpha value is -2.40. The van der Waals surface area contributed by atoms with Gasteiger partial charge >= 0.3 is 0 Å². The first-order valence-corrected chi connectivity index (χ1v) is 7.88. The number of hydrogen-bond acceptors (Lipinski definition) is 3. The van der Waals surface area contributed by atoms with E-state index in [1.807, 2.05) is 38.1 Å². The van der Waals surface area contributed by atoms with E-state index in [4.69, 9.17) is 4.74 Å². The fraction of sp³-hybridized carbons (Fsp3) is 0.316. The third-order valence-corrected chi connectivity index (χ3v) is 3.87. The second-order valence-electron chi connectivity index (χ2n) is 5.77. The number of ether oxygens (including phenoxy) is 1. The molecule has 0 radical (unpaired) electrons. The lowest BCUT2D eigenvalue weighted by atomic mass is 10.0. The average Bonchev–Trinajstić information content (AvgIpc) is 2.53. The van der Waals surface area contributed by atoms with Gasteiger partial charge in [-0.05, 0) is 43.7 Å². The van der Waals surface area contributed by atoms with Gasteiger partial charge in [0.25, 0.3) is 0 Å². The topological polar surface area (TPSA) is 50.4 Å². The highest BCUT2D eigenvalue weighted by Gasteiger charge is 2.18. The van der Waals surface area contributed by atoms with Crippen molar-refractivity contribution in [1.29, 1.82) is 0 Å². The maximum absolute atomic E-state index is 14.2. The second kappa shape index (κ2) is 7.93. The van der Waals surface area contributed by atoms with E-state index in [2.05, 4.69) is 10.6 Å². The molecular weight excluding hydrogens is 307 g/mol. The highest BCUT2D eigenvalue weighted by molar-refractivity contribution is 5.88. The molecule has 0 fully saturated rings. The summed E-state index contributed by atoms with van der Waals surface area (Å²) in [5.74, 6) is 0.111. The number of benzene rings is 2. The van der Waals surface area contributed by atoms with Crippen molar-refractivity contribution in [3.8, 4) is 5.75 Å². The minimum absolute atomic E-state index is 0.0296. The Morgan fingerprint density at radius 3 is 2.50 bits per heavy atom. The fourth-order valence-corrected chi connectivity index (χ4v) is 2.76. The Morgan fingerprint density at radius 1 is 1.12 bits per heavy atom. The molecule has 5 heteroatoms. The molecule has 2 N–H and O–H groups in total. The number of nitrogens with one attached hydrogen (secondary N) is 2. The van der Waals surface area contributed by atoms with Crippen molar-refractivity contribution in [3.05, 3.63) is 59.4 Å².